The first-order chi connectivity index (χ1) is 9.31. The van der Waals surface area contributed by atoms with Gasteiger partial charge in [0.05, 0.1) is 13.7 Å². The molecule has 1 aromatic carbocycles. The van der Waals surface area contributed by atoms with Crippen LogP contribution in [0.2, 0.25) is 0 Å². The van der Waals surface area contributed by atoms with E-state index < -0.39 is 0 Å². The van der Waals surface area contributed by atoms with E-state index in [2.05, 4.69) is 19.1 Å². The van der Waals surface area contributed by atoms with Crippen LogP contribution < -0.4 is 15.2 Å². The Morgan fingerprint density at radius 2 is 1.89 bits per heavy atom. The number of hydrogen-bond acceptors (Lipinski definition) is 3. The van der Waals surface area contributed by atoms with Gasteiger partial charge in [-0.15, -0.1) is 0 Å². The summed E-state index contributed by atoms with van der Waals surface area (Å²) in [7, 11) is 1.68. The lowest BCUT2D eigenvalue weighted by atomic mass is 10.1. The Kier molecular flexibility index (Phi) is 8.07. The van der Waals surface area contributed by atoms with Crippen molar-refractivity contribution in [3.05, 3.63) is 23.8 Å². The van der Waals surface area contributed by atoms with Gasteiger partial charge in [-0.05, 0) is 43.5 Å². The van der Waals surface area contributed by atoms with Crippen LogP contribution in [0.3, 0.4) is 0 Å². The second-order valence-corrected chi connectivity index (χ2v) is 4.79. The molecule has 0 aliphatic carbocycles. The maximum absolute atomic E-state index is 5.84. The molecule has 1 aromatic rings. The Hall–Kier alpha value is -1.22. The molecule has 1 rings (SSSR count). The zero-order chi connectivity index (χ0) is 13.9. The van der Waals surface area contributed by atoms with E-state index in [9.17, 15) is 0 Å². The average Bonchev–Trinajstić information content (AvgIpc) is 2.45. The summed E-state index contributed by atoms with van der Waals surface area (Å²) >= 11 is 0. The Balaban J connectivity index is 2.52. The normalized spacial score (nSPS) is 10.5. The monoisotopic (exact) mass is 265 g/mol. The van der Waals surface area contributed by atoms with Crippen molar-refractivity contribution in [1.82, 2.24) is 0 Å². The van der Waals surface area contributed by atoms with Gasteiger partial charge in [0.25, 0.3) is 0 Å². The first kappa shape index (κ1) is 15.8. The molecule has 0 saturated heterocycles. The van der Waals surface area contributed by atoms with Gasteiger partial charge in [-0.2, -0.15) is 0 Å². The lowest BCUT2D eigenvalue weighted by molar-refractivity contribution is 0.285. The molecule has 19 heavy (non-hydrogen) atoms. The smallest absolute Gasteiger partial charge is 0.161 e. The summed E-state index contributed by atoms with van der Waals surface area (Å²) < 4.78 is 11.2. The van der Waals surface area contributed by atoms with Crippen molar-refractivity contribution in [2.45, 2.75) is 45.4 Å². The predicted octanol–water partition coefficient (Wildman–Crippen LogP) is 3.55. The van der Waals surface area contributed by atoms with Gasteiger partial charge in [-0.3, -0.25) is 0 Å². The van der Waals surface area contributed by atoms with Gasteiger partial charge >= 0.3 is 0 Å². The summed E-state index contributed by atoms with van der Waals surface area (Å²) in [5.74, 6) is 1.67. The molecule has 0 aliphatic heterocycles. The minimum absolute atomic E-state index is 0.721. The number of unbranched alkanes of at least 4 members (excludes halogenated alkanes) is 3. The third-order valence-electron chi connectivity index (χ3n) is 3.15. The van der Waals surface area contributed by atoms with E-state index in [1.54, 1.807) is 7.11 Å². The van der Waals surface area contributed by atoms with Gasteiger partial charge in [-0.1, -0.05) is 32.3 Å². The van der Waals surface area contributed by atoms with Crippen molar-refractivity contribution in [2.75, 3.05) is 20.3 Å². The highest BCUT2D eigenvalue weighted by molar-refractivity contribution is 5.43. The number of hydrogen-bond donors (Lipinski definition) is 1. The Labute approximate surface area is 117 Å². The fraction of sp³-hybridized carbons (Fsp3) is 0.625. The second-order valence-electron chi connectivity index (χ2n) is 4.79. The van der Waals surface area contributed by atoms with E-state index in [0.717, 1.165) is 43.9 Å². The largest absolute Gasteiger partial charge is 0.493 e. The van der Waals surface area contributed by atoms with Crippen LogP contribution >= 0.6 is 0 Å². The number of nitrogens with two attached hydrogens (primary N) is 1. The fourth-order valence-electron chi connectivity index (χ4n) is 2.01. The molecule has 0 saturated carbocycles. The highest BCUT2D eigenvalue weighted by Gasteiger charge is 2.05. The topological polar surface area (TPSA) is 44.5 Å². The van der Waals surface area contributed by atoms with Crippen molar-refractivity contribution in [1.29, 1.82) is 0 Å². The number of ether oxygens (including phenoxy) is 2. The molecule has 0 radical (unpaired) electrons. The lowest BCUT2D eigenvalue weighted by Crippen LogP contribution is -2.02. The molecule has 0 spiro atoms. The molecule has 0 aromatic heterocycles. The van der Waals surface area contributed by atoms with E-state index in [1.807, 2.05) is 6.07 Å². The number of benzene rings is 1. The first-order valence-corrected chi connectivity index (χ1v) is 7.31. The molecular formula is C16H27NO2. The van der Waals surface area contributed by atoms with Crippen molar-refractivity contribution >= 4 is 0 Å². The molecule has 0 fully saturated rings. The van der Waals surface area contributed by atoms with E-state index in [4.69, 9.17) is 15.2 Å². The minimum atomic E-state index is 0.721. The highest BCUT2D eigenvalue weighted by atomic mass is 16.5. The summed E-state index contributed by atoms with van der Waals surface area (Å²) in [6.45, 7) is 3.70. The maximum atomic E-state index is 5.84. The van der Waals surface area contributed by atoms with Gasteiger partial charge in [-0.25, -0.2) is 0 Å². The molecule has 0 atom stereocenters. The van der Waals surface area contributed by atoms with Gasteiger partial charge < -0.3 is 15.2 Å². The van der Waals surface area contributed by atoms with Crippen LogP contribution in [0.25, 0.3) is 0 Å². The standard InChI is InChI=1S/C16H27NO2/c1-3-4-5-6-12-19-16-13-14(8-7-11-17)9-10-15(16)18-2/h9-10,13H,3-8,11-12,17H2,1-2H3. The summed E-state index contributed by atoms with van der Waals surface area (Å²) in [5.41, 5.74) is 6.80. The van der Waals surface area contributed by atoms with E-state index in [1.165, 1.54) is 24.8 Å². The first-order valence-electron chi connectivity index (χ1n) is 7.31. The highest BCUT2D eigenvalue weighted by Crippen LogP contribution is 2.28. The van der Waals surface area contributed by atoms with Crippen LogP contribution in [0.1, 0.15) is 44.6 Å². The van der Waals surface area contributed by atoms with Gasteiger partial charge in [0.15, 0.2) is 11.5 Å². The summed E-state index contributed by atoms with van der Waals surface area (Å²) in [6, 6.07) is 6.14. The SMILES string of the molecule is CCCCCCOc1cc(CCCN)ccc1OC. The fourth-order valence-corrected chi connectivity index (χ4v) is 2.01. The van der Waals surface area contributed by atoms with Crippen LogP contribution in [0.15, 0.2) is 18.2 Å². The van der Waals surface area contributed by atoms with E-state index in [0.29, 0.717) is 0 Å². The van der Waals surface area contributed by atoms with Crippen molar-refractivity contribution in [3.8, 4) is 11.5 Å². The van der Waals surface area contributed by atoms with Crippen LogP contribution in [0.5, 0.6) is 11.5 Å². The van der Waals surface area contributed by atoms with Crippen molar-refractivity contribution in [3.63, 3.8) is 0 Å². The molecule has 0 heterocycles. The van der Waals surface area contributed by atoms with Crippen molar-refractivity contribution in [2.24, 2.45) is 5.73 Å². The maximum Gasteiger partial charge on any atom is 0.161 e. The molecule has 3 nitrogen and oxygen atoms in total. The molecule has 2 N–H and O–H groups in total. The average molecular weight is 265 g/mol. The predicted molar refractivity (Wildman–Crippen MR) is 80.0 cm³/mol. The zero-order valence-electron chi connectivity index (χ0n) is 12.3. The zero-order valence-corrected chi connectivity index (χ0v) is 12.3. The lowest BCUT2D eigenvalue weighted by Gasteiger charge is -2.12. The molecule has 3 heteroatoms. The molecule has 0 unspecified atom stereocenters. The molecule has 0 aliphatic rings. The van der Waals surface area contributed by atoms with Gasteiger partial charge in [0, 0.05) is 0 Å². The second kappa shape index (κ2) is 9.68. The Bertz CT molecular complexity index is 353. The third kappa shape index (κ3) is 5.97. The van der Waals surface area contributed by atoms with E-state index >= 15 is 0 Å². The van der Waals surface area contributed by atoms with Crippen LogP contribution in [0, 0.1) is 0 Å². The number of rotatable bonds is 10. The number of aryl methyl sites for hydroxylation is 1. The molecular weight excluding hydrogens is 238 g/mol. The van der Waals surface area contributed by atoms with Gasteiger partial charge in [0.2, 0.25) is 0 Å². The van der Waals surface area contributed by atoms with Crippen LogP contribution in [0.4, 0.5) is 0 Å². The molecule has 0 amide bonds. The van der Waals surface area contributed by atoms with Crippen molar-refractivity contribution < 1.29 is 9.47 Å². The Morgan fingerprint density at radius 3 is 2.58 bits per heavy atom. The summed E-state index contributed by atoms with van der Waals surface area (Å²) in [4.78, 5) is 0. The van der Waals surface area contributed by atoms with Gasteiger partial charge in [0.1, 0.15) is 0 Å². The quantitative estimate of drug-likeness (QED) is 0.658. The van der Waals surface area contributed by atoms with Crippen LogP contribution in [-0.4, -0.2) is 20.3 Å². The third-order valence-corrected chi connectivity index (χ3v) is 3.15. The minimum Gasteiger partial charge on any atom is -0.493 e. The summed E-state index contributed by atoms with van der Waals surface area (Å²) in [5, 5.41) is 0. The van der Waals surface area contributed by atoms with E-state index in [-0.39, 0.29) is 0 Å². The number of methoxy groups -OCH3 is 1. The summed E-state index contributed by atoms with van der Waals surface area (Å²) in [6.07, 6.45) is 6.85. The Morgan fingerprint density at radius 1 is 1.05 bits per heavy atom. The van der Waals surface area contributed by atoms with Crippen LogP contribution in [-0.2, 0) is 6.42 Å². The molecule has 0 bridgehead atoms. The molecule has 108 valence electrons.